The SMILES string of the molecule is O=C(Nc1ccc(C(F)(F)F)cc1)Nc1ccc(S(=O)(=O)N2CCC[C@H]2CCN2CCCCC2)cc1. The number of alkyl halides is 3. The van der Waals surface area contributed by atoms with Crippen molar-refractivity contribution >= 4 is 27.4 Å². The summed E-state index contributed by atoms with van der Waals surface area (Å²) in [6.07, 6.45) is 1.74. The molecule has 2 N–H and O–H groups in total. The number of carbonyl (C=O) groups excluding carboxylic acids is 1. The van der Waals surface area contributed by atoms with E-state index in [9.17, 15) is 26.4 Å². The van der Waals surface area contributed by atoms with Gasteiger partial charge in [-0.1, -0.05) is 6.42 Å². The Labute approximate surface area is 209 Å². The fourth-order valence-corrected chi connectivity index (χ4v) is 6.53. The predicted molar refractivity (Wildman–Crippen MR) is 132 cm³/mol. The Kier molecular flexibility index (Phi) is 8.21. The third-order valence-electron chi connectivity index (χ3n) is 6.74. The Morgan fingerprint density at radius 3 is 2.03 bits per heavy atom. The van der Waals surface area contributed by atoms with Crippen molar-refractivity contribution in [3.8, 4) is 0 Å². The van der Waals surface area contributed by atoms with Gasteiger partial charge in [0, 0.05) is 24.0 Å². The predicted octanol–water partition coefficient (Wildman–Crippen LogP) is 5.38. The number of piperidine rings is 1. The van der Waals surface area contributed by atoms with E-state index in [4.69, 9.17) is 0 Å². The number of anilines is 2. The molecule has 2 amide bonds. The number of nitrogens with one attached hydrogen (secondary N) is 2. The number of halogens is 3. The molecule has 0 saturated carbocycles. The van der Waals surface area contributed by atoms with E-state index in [1.54, 1.807) is 4.31 Å². The standard InChI is InChI=1S/C25H31F3N4O3S/c26-25(27,28)19-6-8-20(9-7-19)29-24(33)30-21-10-12-23(13-11-21)36(34,35)32-17-4-5-22(32)14-18-31-15-2-1-3-16-31/h6-13,22H,1-5,14-18H2,(H2,29,30,33)/t22-/m0/s1. The molecule has 7 nitrogen and oxygen atoms in total. The van der Waals surface area contributed by atoms with Crippen LogP contribution in [0.4, 0.5) is 29.3 Å². The molecule has 36 heavy (non-hydrogen) atoms. The maximum absolute atomic E-state index is 13.3. The molecule has 1 atom stereocenters. The molecular formula is C25H31F3N4O3S. The number of likely N-dealkylation sites (tertiary alicyclic amines) is 1. The molecule has 2 heterocycles. The first kappa shape index (κ1) is 26.4. The van der Waals surface area contributed by atoms with Gasteiger partial charge in [0.2, 0.25) is 10.0 Å². The molecule has 4 rings (SSSR count). The van der Waals surface area contributed by atoms with E-state index in [0.29, 0.717) is 12.2 Å². The van der Waals surface area contributed by atoms with Gasteiger partial charge in [-0.2, -0.15) is 17.5 Å². The molecular weight excluding hydrogens is 493 g/mol. The molecule has 2 saturated heterocycles. The van der Waals surface area contributed by atoms with Crippen LogP contribution in [-0.2, 0) is 16.2 Å². The zero-order chi connectivity index (χ0) is 25.8. The first-order chi connectivity index (χ1) is 17.1. The summed E-state index contributed by atoms with van der Waals surface area (Å²) in [7, 11) is -3.66. The van der Waals surface area contributed by atoms with Gasteiger partial charge in [-0.05, 0) is 100 Å². The molecule has 0 radical (unpaired) electrons. The van der Waals surface area contributed by atoms with Crippen LogP contribution in [0, 0.1) is 0 Å². The Bertz CT molecular complexity index is 1130. The molecule has 0 aliphatic carbocycles. The minimum absolute atomic E-state index is 0.00996. The Morgan fingerprint density at radius 1 is 0.861 bits per heavy atom. The molecule has 0 aromatic heterocycles. The van der Waals surface area contributed by atoms with Crippen LogP contribution in [0.3, 0.4) is 0 Å². The fourth-order valence-electron chi connectivity index (χ4n) is 4.81. The normalized spacial score (nSPS) is 19.8. The molecule has 11 heteroatoms. The topological polar surface area (TPSA) is 81.8 Å². The summed E-state index contributed by atoms with van der Waals surface area (Å²) in [5, 5.41) is 5.02. The average Bonchev–Trinajstić information content (AvgIpc) is 3.33. The summed E-state index contributed by atoms with van der Waals surface area (Å²) in [5.41, 5.74) is -0.247. The van der Waals surface area contributed by atoms with Gasteiger partial charge in [0.05, 0.1) is 10.5 Å². The van der Waals surface area contributed by atoms with Crippen LogP contribution in [0.2, 0.25) is 0 Å². The van der Waals surface area contributed by atoms with Crippen LogP contribution < -0.4 is 10.6 Å². The highest BCUT2D eigenvalue weighted by atomic mass is 32.2. The molecule has 0 spiro atoms. The van der Waals surface area contributed by atoms with E-state index in [1.807, 2.05) is 0 Å². The van der Waals surface area contributed by atoms with Crippen LogP contribution in [0.25, 0.3) is 0 Å². The van der Waals surface area contributed by atoms with E-state index in [1.165, 1.54) is 43.5 Å². The molecule has 0 bridgehead atoms. The van der Waals surface area contributed by atoms with Gasteiger partial charge in [-0.3, -0.25) is 0 Å². The Hall–Kier alpha value is -2.63. The summed E-state index contributed by atoms with van der Waals surface area (Å²) in [4.78, 5) is 14.8. The number of hydrogen-bond donors (Lipinski definition) is 2. The fraction of sp³-hybridized carbons (Fsp3) is 0.480. The first-order valence-electron chi connectivity index (χ1n) is 12.2. The lowest BCUT2D eigenvalue weighted by molar-refractivity contribution is -0.137. The van der Waals surface area contributed by atoms with Gasteiger partial charge in [-0.15, -0.1) is 0 Å². The van der Waals surface area contributed by atoms with E-state index in [-0.39, 0.29) is 16.6 Å². The Morgan fingerprint density at radius 2 is 1.44 bits per heavy atom. The van der Waals surface area contributed by atoms with Crippen molar-refractivity contribution in [2.45, 2.75) is 55.6 Å². The summed E-state index contributed by atoms with van der Waals surface area (Å²) >= 11 is 0. The van der Waals surface area contributed by atoms with Crippen LogP contribution in [0.15, 0.2) is 53.4 Å². The van der Waals surface area contributed by atoms with Crippen LogP contribution in [0.1, 0.15) is 44.1 Å². The third-order valence-corrected chi connectivity index (χ3v) is 8.71. The van der Waals surface area contributed by atoms with Gasteiger partial charge in [0.1, 0.15) is 0 Å². The summed E-state index contributed by atoms with van der Waals surface area (Å²) < 4.78 is 66.2. The molecule has 2 aliphatic heterocycles. The van der Waals surface area contributed by atoms with Gasteiger partial charge < -0.3 is 15.5 Å². The summed E-state index contributed by atoms with van der Waals surface area (Å²) in [5.74, 6) is 0. The maximum Gasteiger partial charge on any atom is 0.416 e. The van der Waals surface area contributed by atoms with E-state index < -0.39 is 27.8 Å². The zero-order valence-electron chi connectivity index (χ0n) is 19.9. The molecule has 196 valence electrons. The number of hydrogen-bond acceptors (Lipinski definition) is 4. The molecule has 2 aromatic carbocycles. The highest BCUT2D eigenvalue weighted by Gasteiger charge is 2.35. The quantitative estimate of drug-likeness (QED) is 0.510. The summed E-state index contributed by atoms with van der Waals surface area (Å²) in [6, 6.07) is 9.35. The van der Waals surface area contributed by atoms with Gasteiger partial charge >= 0.3 is 12.2 Å². The van der Waals surface area contributed by atoms with Crippen LogP contribution in [0.5, 0.6) is 0 Å². The third kappa shape index (κ3) is 6.57. The van der Waals surface area contributed by atoms with E-state index in [0.717, 1.165) is 63.2 Å². The molecule has 2 fully saturated rings. The highest BCUT2D eigenvalue weighted by molar-refractivity contribution is 7.89. The second kappa shape index (κ2) is 11.2. The zero-order valence-corrected chi connectivity index (χ0v) is 20.7. The lowest BCUT2D eigenvalue weighted by Gasteiger charge is -2.30. The van der Waals surface area contributed by atoms with Crippen LogP contribution >= 0.6 is 0 Å². The lowest BCUT2D eigenvalue weighted by Crippen LogP contribution is -2.39. The number of carbonyl (C=O) groups is 1. The smallest absolute Gasteiger partial charge is 0.308 e. The van der Waals surface area contributed by atoms with Crippen molar-refractivity contribution in [3.05, 3.63) is 54.1 Å². The second-order valence-electron chi connectivity index (χ2n) is 9.28. The lowest BCUT2D eigenvalue weighted by atomic mass is 10.1. The number of urea groups is 1. The Balaban J connectivity index is 1.33. The van der Waals surface area contributed by atoms with Crippen molar-refractivity contribution in [2.75, 3.05) is 36.8 Å². The van der Waals surface area contributed by atoms with Gasteiger partial charge in [0.15, 0.2) is 0 Å². The maximum atomic E-state index is 13.3. The highest BCUT2D eigenvalue weighted by Crippen LogP contribution is 2.30. The van der Waals surface area contributed by atoms with E-state index >= 15 is 0 Å². The second-order valence-corrected chi connectivity index (χ2v) is 11.2. The van der Waals surface area contributed by atoms with Gasteiger partial charge in [-0.25, -0.2) is 13.2 Å². The van der Waals surface area contributed by atoms with Gasteiger partial charge in [0.25, 0.3) is 0 Å². The average molecular weight is 525 g/mol. The van der Waals surface area contributed by atoms with Crippen molar-refractivity contribution in [3.63, 3.8) is 0 Å². The van der Waals surface area contributed by atoms with Crippen molar-refractivity contribution in [2.24, 2.45) is 0 Å². The largest absolute Gasteiger partial charge is 0.416 e. The number of nitrogens with zero attached hydrogens (tertiary/aromatic N) is 2. The van der Waals surface area contributed by atoms with Crippen molar-refractivity contribution < 1.29 is 26.4 Å². The number of amides is 2. The monoisotopic (exact) mass is 524 g/mol. The van der Waals surface area contributed by atoms with Crippen molar-refractivity contribution in [1.29, 1.82) is 0 Å². The minimum Gasteiger partial charge on any atom is -0.308 e. The van der Waals surface area contributed by atoms with E-state index in [2.05, 4.69) is 15.5 Å². The minimum atomic E-state index is -4.45. The number of benzene rings is 2. The number of rotatable bonds is 7. The molecule has 2 aliphatic rings. The summed E-state index contributed by atoms with van der Waals surface area (Å²) in [6.45, 7) is 3.58. The van der Waals surface area contributed by atoms with Crippen LogP contribution in [-0.4, -0.2) is 55.9 Å². The molecule has 2 aromatic rings. The molecule has 0 unspecified atom stereocenters. The number of sulfonamides is 1. The van der Waals surface area contributed by atoms with Crippen molar-refractivity contribution in [1.82, 2.24) is 9.21 Å². The first-order valence-corrected chi connectivity index (χ1v) is 13.7.